The van der Waals surface area contributed by atoms with E-state index in [-0.39, 0.29) is 58.1 Å². The van der Waals surface area contributed by atoms with Crippen LogP contribution in [0.5, 0.6) is 0 Å². The number of hydrogen-bond acceptors (Lipinski definition) is 26. The molecule has 15 N–H and O–H groups in total. The van der Waals surface area contributed by atoms with Gasteiger partial charge in [0.25, 0.3) is 41.8 Å². The number of aromatic amines is 2. The highest BCUT2D eigenvalue weighted by molar-refractivity contribution is 7.87. The standard InChI is InChI=1S/C59H78N6O30S3/c1-29-48(71)50(73)51(74)57(91-29)93-39-21-34(62-55(75)38-24-44(68)65-59(78)64-38)17-33(52(39)95-58-54(90-26-31-10-6-3-7-11-31)53(49(72)41(25-66)94-58)92-40(56(76)77)16-30-8-4-2-5-9-30)20-43(67)60-12-13-61-45(69)27-88-14-15-89-28-46(70)63-37-22-35(96(79,80)81)18-32-19-36(97(82,83)84)23-42(47(32)37)98(85,86)87/h3,6-7,10-11,18-19,22-24,29-30,33-34,39-41,48-54,57-58,66,71-74H,2,4-5,8-9,12-17,20-21,25-28H2,1H3,(H,60,67)(H,61,69)(H,62,75)(H,63,70)(H,76,77)(H,79,80,81)(H,82,83,84)(H,85,86,87)(H2,64,65,68,78)/t29-,33?,34?,39?,40-,41+,48+,49-,50+,51-,52?,53-,54+,57-,58-/m0/s1. The molecule has 0 radical (unpaired) electrons. The van der Waals surface area contributed by atoms with Crippen LogP contribution in [0.3, 0.4) is 0 Å². The van der Waals surface area contributed by atoms with E-state index in [9.17, 15) is 103 Å². The van der Waals surface area contributed by atoms with Crippen molar-refractivity contribution in [2.24, 2.45) is 11.8 Å². The van der Waals surface area contributed by atoms with Crippen LogP contribution >= 0.6 is 0 Å². The number of nitrogens with one attached hydrogen (secondary N) is 6. The fourth-order valence-electron chi connectivity index (χ4n) is 12.1. The van der Waals surface area contributed by atoms with Gasteiger partial charge in [-0.3, -0.25) is 42.6 Å². The van der Waals surface area contributed by atoms with Crippen molar-refractivity contribution in [3.63, 3.8) is 0 Å². The smallest absolute Gasteiger partial charge is 0.332 e. The van der Waals surface area contributed by atoms with Crippen molar-refractivity contribution >= 4 is 76.4 Å². The Morgan fingerprint density at radius 3 is 1.96 bits per heavy atom. The molecule has 4 aromatic rings. The molecule has 4 unspecified atom stereocenters. The Balaban J connectivity index is 0.964. The lowest BCUT2D eigenvalue weighted by atomic mass is 9.78. The Kier molecular flexibility index (Phi) is 26.7. The van der Waals surface area contributed by atoms with Gasteiger partial charge in [0.1, 0.15) is 66.5 Å². The molecule has 0 bridgehead atoms. The maximum absolute atomic E-state index is 14.2. The first-order chi connectivity index (χ1) is 46.3. The molecule has 0 spiro atoms. The number of aliphatic hydroxyl groups excluding tert-OH is 5. The van der Waals surface area contributed by atoms with Crippen molar-refractivity contribution in [2.45, 2.75) is 172 Å². The Bertz CT molecular complexity index is 3900. The zero-order chi connectivity index (χ0) is 71.4. The Morgan fingerprint density at radius 1 is 0.694 bits per heavy atom. The Labute approximate surface area is 559 Å². The molecule has 2 aliphatic heterocycles. The number of H-pyrrole nitrogens is 2. The van der Waals surface area contributed by atoms with Gasteiger partial charge in [0.15, 0.2) is 18.7 Å². The number of aromatic nitrogens is 2. The Morgan fingerprint density at radius 2 is 1.34 bits per heavy atom. The molecule has 4 amide bonds. The van der Waals surface area contributed by atoms with Gasteiger partial charge in [-0.1, -0.05) is 62.4 Å². The average molecular weight is 1450 g/mol. The van der Waals surface area contributed by atoms with E-state index < -0.39 is 226 Å². The number of amides is 4. The van der Waals surface area contributed by atoms with Crippen molar-refractivity contribution in [1.29, 1.82) is 0 Å². The topological polar surface area (TPSA) is 558 Å². The van der Waals surface area contributed by atoms with E-state index >= 15 is 0 Å². The van der Waals surface area contributed by atoms with Gasteiger partial charge in [-0.05, 0) is 73.2 Å². The molecule has 3 heterocycles. The second-order valence-corrected chi connectivity index (χ2v) is 28.2. The van der Waals surface area contributed by atoms with E-state index in [1.165, 1.54) is 6.92 Å². The molecule has 98 heavy (non-hydrogen) atoms. The number of anilines is 1. The molecule has 4 fully saturated rings. The maximum Gasteiger partial charge on any atom is 0.332 e. The van der Waals surface area contributed by atoms with Crippen LogP contribution in [-0.2, 0) is 94.0 Å². The van der Waals surface area contributed by atoms with Crippen LogP contribution in [-0.4, -0.2) is 241 Å². The molecular formula is C59H78N6O30S3. The minimum absolute atomic E-state index is 0.0425. The number of ether oxygens (including phenoxy) is 8. The van der Waals surface area contributed by atoms with Gasteiger partial charge in [-0.15, -0.1) is 0 Å². The Hall–Kier alpha value is -6.84. The van der Waals surface area contributed by atoms with Crippen LogP contribution < -0.4 is 32.5 Å². The summed E-state index contributed by atoms with van der Waals surface area (Å²) in [5, 5.41) is 74.9. The highest BCUT2D eigenvalue weighted by Gasteiger charge is 2.53. The van der Waals surface area contributed by atoms with Crippen molar-refractivity contribution in [3.8, 4) is 0 Å². The SMILES string of the molecule is C[C@@H]1O[C@@H](OC2CC(NC(=O)c3cc(=O)[nH]c(=O)[nH]3)CC(CC(=O)NCCNC(=O)COCCOCC(=O)Nc3cc(S(=O)(=O)O)cc4cc(S(=O)(=O)O)cc(S(=O)(=O)O)c34)C2O[C@@H]2O[C@H](CO)[C@H](O)[C@H](O[C@@H](CC3CCCCC3)C(=O)O)[C@H]2OCc2ccccc2)[C@@H](O)[C@H](O)[C@@H]1O. The van der Waals surface area contributed by atoms with E-state index in [4.69, 9.17) is 37.9 Å². The van der Waals surface area contributed by atoms with Gasteiger partial charge in [0, 0.05) is 37.0 Å². The van der Waals surface area contributed by atoms with E-state index in [0.29, 0.717) is 29.8 Å². The summed E-state index contributed by atoms with van der Waals surface area (Å²) in [4.78, 5) is 92.4. The van der Waals surface area contributed by atoms with Gasteiger partial charge in [-0.25, -0.2) is 9.59 Å². The van der Waals surface area contributed by atoms with E-state index in [0.717, 1.165) is 38.2 Å². The lowest BCUT2D eigenvalue weighted by Gasteiger charge is -2.49. The fraction of sp³-hybridized carbons (Fsp3) is 0.576. The van der Waals surface area contributed by atoms with Crippen molar-refractivity contribution in [1.82, 2.24) is 25.9 Å². The number of rotatable bonds is 31. The molecule has 2 aliphatic carbocycles. The summed E-state index contributed by atoms with van der Waals surface area (Å²) in [6, 6.07) is 10.6. The monoisotopic (exact) mass is 1450 g/mol. The van der Waals surface area contributed by atoms with Gasteiger partial charge in [-0.2, -0.15) is 25.3 Å². The molecule has 2 saturated heterocycles. The van der Waals surface area contributed by atoms with Crippen LogP contribution in [0.25, 0.3) is 10.8 Å². The minimum atomic E-state index is -5.34. The summed E-state index contributed by atoms with van der Waals surface area (Å²) in [5.41, 5.74) is -2.47. The summed E-state index contributed by atoms with van der Waals surface area (Å²) < 4.78 is 151. The van der Waals surface area contributed by atoms with E-state index in [2.05, 4.69) is 26.3 Å². The third kappa shape index (κ3) is 20.9. The number of carbonyl (C=O) groups is 5. The van der Waals surface area contributed by atoms with Crippen LogP contribution in [0.15, 0.2) is 84.9 Å². The van der Waals surface area contributed by atoms with Gasteiger partial charge in [0.05, 0.1) is 60.2 Å². The predicted octanol–water partition coefficient (Wildman–Crippen LogP) is -2.17. The molecule has 8 rings (SSSR count). The zero-order valence-corrected chi connectivity index (χ0v) is 54.8. The second kappa shape index (κ2) is 34.0. The van der Waals surface area contributed by atoms with Gasteiger partial charge >= 0.3 is 11.7 Å². The van der Waals surface area contributed by atoms with Crippen LogP contribution in [0.4, 0.5) is 5.69 Å². The number of fused-ring (bicyclic) bond motifs is 1. The van der Waals surface area contributed by atoms with Crippen LogP contribution in [0.2, 0.25) is 0 Å². The molecular weight excluding hydrogens is 1370 g/mol. The summed E-state index contributed by atoms with van der Waals surface area (Å²) >= 11 is 0. The summed E-state index contributed by atoms with van der Waals surface area (Å²) in [6.07, 6.45) is -17.6. The molecule has 542 valence electrons. The first-order valence-corrected chi connectivity index (χ1v) is 35.3. The number of benzene rings is 3. The fourth-order valence-corrected chi connectivity index (χ4v) is 14.0. The largest absolute Gasteiger partial charge is 0.479 e. The first-order valence-electron chi connectivity index (χ1n) is 30.9. The summed E-state index contributed by atoms with van der Waals surface area (Å²) in [7, 11) is -15.6. The third-order valence-electron chi connectivity index (χ3n) is 16.8. The van der Waals surface area contributed by atoms with E-state index in [1.54, 1.807) is 30.3 Å². The molecule has 4 aliphatic rings. The lowest BCUT2D eigenvalue weighted by molar-refractivity contribution is -0.355. The number of carboxylic acid groups (broad SMARTS) is 1. The maximum atomic E-state index is 14.2. The number of carbonyl (C=O) groups excluding carboxylic acids is 4. The normalized spacial score (nSPS) is 26.8. The summed E-state index contributed by atoms with van der Waals surface area (Å²) in [6.45, 7) is -2.30. The predicted molar refractivity (Wildman–Crippen MR) is 332 cm³/mol. The highest BCUT2D eigenvalue weighted by atomic mass is 32.2. The quantitative estimate of drug-likeness (QED) is 0.0188. The zero-order valence-electron chi connectivity index (χ0n) is 52.4. The molecule has 3 aromatic carbocycles. The molecule has 1 aromatic heterocycles. The number of carboxylic acids is 1. The van der Waals surface area contributed by atoms with Crippen LogP contribution in [0.1, 0.15) is 80.8 Å². The van der Waals surface area contributed by atoms with Crippen LogP contribution in [0, 0.1) is 11.8 Å². The second-order valence-electron chi connectivity index (χ2n) is 24.0. The van der Waals surface area contributed by atoms with Crippen molar-refractivity contribution in [2.75, 3.05) is 51.4 Å². The van der Waals surface area contributed by atoms with E-state index in [1.807, 2.05) is 4.98 Å². The van der Waals surface area contributed by atoms with Gasteiger partial charge < -0.3 is 94.8 Å². The van der Waals surface area contributed by atoms with Crippen molar-refractivity contribution in [3.05, 3.63) is 92.8 Å². The molecule has 15 atom stereocenters. The van der Waals surface area contributed by atoms with Crippen molar-refractivity contribution < 1.29 is 131 Å². The first kappa shape index (κ1) is 76.9. The number of hydrogen-bond donors (Lipinski definition) is 15. The lowest BCUT2D eigenvalue weighted by Crippen LogP contribution is -2.64. The summed E-state index contributed by atoms with van der Waals surface area (Å²) in [5.74, 6) is -6.01. The highest BCUT2D eigenvalue weighted by Crippen LogP contribution is 2.40. The molecule has 39 heteroatoms. The number of aliphatic carboxylic acids is 1. The van der Waals surface area contributed by atoms with Gasteiger partial charge in [0.2, 0.25) is 17.7 Å². The number of aliphatic hydroxyl groups is 5. The molecule has 36 nitrogen and oxygen atoms in total. The average Bonchev–Trinajstić information content (AvgIpc) is 0.756. The molecule has 2 saturated carbocycles. The third-order valence-corrected chi connectivity index (χ3v) is 19.3. The minimum Gasteiger partial charge on any atom is -0.479 e.